The number of anilines is 1. The Kier molecular flexibility index (Phi) is 3.94. The van der Waals surface area contributed by atoms with Gasteiger partial charge in [-0.15, -0.1) is 0 Å². The molecule has 0 bridgehead atoms. The molecule has 1 aromatic rings. The molecule has 0 unspecified atom stereocenters. The first-order valence-electron chi connectivity index (χ1n) is 6.49. The summed E-state index contributed by atoms with van der Waals surface area (Å²) in [6, 6.07) is 0. The van der Waals surface area contributed by atoms with Gasteiger partial charge < -0.3 is 10.5 Å². The molecule has 0 saturated heterocycles. The van der Waals surface area contributed by atoms with Crippen molar-refractivity contribution >= 4 is 5.69 Å². The van der Waals surface area contributed by atoms with Crippen molar-refractivity contribution in [2.75, 3.05) is 12.3 Å². The maximum absolute atomic E-state index is 6.01. The molecule has 1 heterocycles. The molecule has 0 atom stereocenters. The van der Waals surface area contributed by atoms with Crippen molar-refractivity contribution in [1.29, 1.82) is 0 Å². The first-order valence-corrected chi connectivity index (χ1v) is 6.49. The molecule has 1 aliphatic rings. The number of nitrogens with two attached hydrogens (primary N) is 1. The largest absolute Gasteiger partial charge is 0.396 e. The molecular weight excluding hydrogens is 214 g/mol. The van der Waals surface area contributed by atoms with Gasteiger partial charge in [-0.25, -0.2) is 9.97 Å². The van der Waals surface area contributed by atoms with Crippen LogP contribution in [0.5, 0.6) is 0 Å². The van der Waals surface area contributed by atoms with Crippen LogP contribution < -0.4 is 5.73 Å². The van der Waals surface area contributed by atoms with Crippen LogP contribution in [0.3, 0.4) is 0 Å². The number of nitrogen functional groups attached to an aromatic ring is 1. The van der Waals surface area contributed by atoms with E-state index in [1.165, 1.54) is 25.7 Å². The molecule has 1 aliphatic carbocycles. The van der Waals surface area contributed by atoms with Gasteiger partial charge >= 0.3 is 0 Å². The molecule has 1 saturated carbocycles. The number of hydrogen-bond acceptors (Lipinski definition) is 4. The molecule has 94 valence electrons. The lowest BCUT2D eigenvalue weighted by Gasteiger charge is -2.30. The Hall–Kier alpha value is -1.16. The summed E-state index contributed by atoms with van der Waals surface area (Å²) in [6.07, 6.45) is 10.3. The van der Waals surface area contributed by atoms with Crippen molar-refractivity contribution in [1.82, 2.24) is 9.97 Å². The van der Waals surface area contributed by atoms with Crippen LogP contribution in [0, 0.1) is 0 Å². The lowest BCUT2D eigenvalue weighted by molar-refractivity contribution is -0.0624. The van der Waals surface area contributed by atoms with E-state index < -0.39 is 0 Å². The van der Waals surface area contributed by atoms with Crippen LogP contribution in [0.4, 0.5) is 5.69 Å². The number of ether oxygens (including phenoxy) is 1. The third kappa shape index (κ3) is 2.75. The van der Waals surface area contributed by atoms with Crippen LogP contribution >= 0.6 is 0 Å². The zero-order chi connectivity index (χ0) is 12.1. The Bertz CT molecular complexity index is 342. The van der Waals surface area contributed by atoms with Crippen molar-refractivity contribution in [2.45, 2.75) is 51.0 Å². The maximum Gasteiger partial charge on any atom is 0.160 e. The lowest BCUT2D eigenvalue weighted by Crippen LogP contribution is -2.31. The van der Waals surface area contributed by atoms with Gasteiger partial charge in [0.1, 0.15) is 5.60 Å². The van der Waals surface area contributed by atoms with Gasteiger partial charge in [-0.2, -0.15) is 0 Å². The van der Waals surface area contributed by atoms with Crippen molar-refractivity contribution in [3.8, 4) is 0 Å². The topological polar surface area (TPSA) is 61.0 Å². The van der Waals surface area contributed by atoms with Crippen molar-refractivity contribution in [3.63, 3.8) is 0 Å². The van der Waals surface area contributed by atoms with E-state index in [1.807, 2.05) is 6.92 Å². The molecule has 0 aliphatic heterocycles. The fourth-order valence-electron chi connectivity index (χ4n) is 2.58. The minimum absolute atomic E-state index is 0.279. The Morgan fingerprint density at radius 1 is 1.18 bits per heavy atom. The Balaban J connectivity index is 2.28. The second kappa shape index (κ2) is 5.45. The fourth-order valence-corrected chi connectivity index (χ4v) is 2.58. The van der Waals surface area contributed by atoms with E-state index in [-0.39, 0.29) is 5.60 Å². The van der Waals surface area contributed by atoms with Gasteiger partial charge in [-0.1, -0.05) is 25.7 Å². The molecule has 4 nitrogen and oxygen atoms in total. The molecule has 2 rings (SSSR count). The summed E-state index contributed by atoms with van der Waals surface area (Å²) in [7, 11) is 0. The fraction of sp³-hybridized carbons (Fsp3) is 0.692. The molecule has 1 aromatic heterocycles. The molecule has 0 aromatic carbocycles. The first kappa shape index (κ1) is 12.3. The minimum atomic E-state index is -0.279. The van der Waals surface area contributed by atoms with E-state index in [1.54, 1.807) is 12.4 Å². The highest BCUT2D eigenvalue weighted by molar-refractivity contribution is 5.30. The van der Waals surface area contributed by atoms with Crippen LogP contribution in [-0.2, 0) is 10.3 Å². The lowest BCUT2D eigenvalue weighted by atomic mass is 9.93. The number of nitrogens with zero attached hydrogens (tertiary/aromatic N) is 2. The highest BCUT2D eigenvalue weighted by atomic mass is 16.5. The molecule has 1 fully saturated rings. The molecule has 0 spiro atoms. The van der Waals surface area contributed by atoms with E-state index in [0.29, 0.717) is 12.3 Å². The van der Waals surface area contributed by atoms with Gasteiger partial charge in [0.2, 0.25) is 0 Å². The maximum atomic E-state index is 6.01. The van der Waals surface area contributed by atoms with Gasteiger partial charge in [0.05, 0.1) is 18.1 Å². The predicted octanol–water partition coefficient (Wildman–Crippen LogP) is 2.64. The summed E-state index contributed by atoms with van der Waals surface area (Å²) in [5, 5.41) is 0. The van der Waals surface area contributed by atoms with Gasteiger partial charge in [0.25, 0.3) is 0 Å². The highest BCUT2D eigenvalue weighted by Gasteiger charge is 2.36. The third-order valence-electron chi connectivity index (χ3n) is 3.41. The number of aromatic nitrogens is 2. The monoisotopic (exact) mass is 235 g/mol. The van der Waals surface area contributed by atoms with Crippen molar-refractivity contribution in [2.24, 2.45) is 0 Å². The van der Waals surface area contributed by atoms with E-state index >= 15 is 0 Å². The van der Waals surface area contributed by atoms with E-state index in [2.05, 4.69) is 9.97 Å². The second-order valence-electron chi connectivity index (χ2n) is 4.68. The third-order valence-corrected chi connectivity index (χ3v) is 3.41. The summed E-state index contributed by atoms with van der Waals surface area (Å²) in [4.78, 5) is 8.75. The Morgan fingerprint density at radius 3 is 2.29 bits per heavy atom. The molecule has 0 amide bonds. The van der Waals surface area contributed by atoms with Gasteiger partial charge in [-0.05, 0) is 19.8 Å². The van der Waals surface area contributed by atoms with Crippen LogP contribution in [-0.4, -0.2) is 16.6 Å². The number of hydrogen-bond donors (Lipinski definition) is 1. The van der Waals surface area contributed by atoms with Gasteiger partial charge in [-0.3, -0.25) is 0 Å². The zero-order valence-corrected chi connectivity index (χ0v) is 10.5. The first-order chi connectivity index (χ1) is 8.27. The summed E-state index contributed by atoms with van der Waals surface area (Å²) >= 11 is 0. The zero-order valence-electron chi connectivity index (χ0n) is 10.5. The molecule has 0 radical (unpaired) electrons. The van der Waals surface area contributed by atoms with Gasteiger partial charge in [0.15, 0.2) is 5.82 Å². The summed E-state index contributed by atoms with van der Waals surface area (Å²) < 4.78 is 6.01. The van der Waals surface area contributed by atoms with E-state index in [0.717, 1.165) is 18.7 Å². The highest BCUT2D eigenvalue weighted by Crippen LogP contribution is 2.37. The average molecular weight is 235 g/mol. The SMILES string of the molecule is CCOC1(c2ncc(N)cn2)CCCCCC1. The standard InChI is InChI=1S/C13H21N3O/c1-2-17-13(7-5-3-4-6-8-13)12-15-9-11(14)10-16-12/h9-10H,2-8,14H2,1H3. The van der Waals surface area contributed by atoms with Gasteiger partial charge in [0, 0.05) is 6.61 Å². The van der Waals surface area contributed by atoms with Crippen LogP contribution in [0.2, 0.25) is 0 Å². The van der Waals surface area contributed by atoms with Crippen LogP contribution in [0.1, 0.15) is 51.3 Å². The van der Waals surface area contributed by atoms with Crippen molar-refractivity contribution < 1.29 is 4.74 Å². The molecule has 4 heteroatoms. The van der Waals surface area contributed by atoms with E-state index in [9.17, 15) is 0 Å². The van der Waals surface area contributed by atoms with Crippen LogP contribution in [0.25, 0.3) is 0 Å². The molecule has 2 N–H and O–H groups in total. The normalized spacial score (nSPS) is 19.8. The second-order valence-corrected chi connectivity index (χ2v) is 4.68. The quantitative estimate of drug-likeness (QED) is 0.818. The summed E-state index contributed by atoms with van der Waals surface area (Å²) in [5.41, 5.74) is 5.97. The molecular formula is C13H21N3O. The summed E-state index contributed by atoms with van der Waals surface area (Å²) in [6.45, 7) is 2.73. The van der Waals surface area contributed by atoms with Crippen molar-refractivity contribution in [3.05, 3.63) is 18.2 Å². The Morgan fingerprint density at radius 2 is 1.76 bits per heavy atom. The predicted molar refractivity (Wildman–Crippen MR) is 67.5 cm³/mol. The summed E-state index contributed by atoms with van der Waals surface area (Å²) in [5.74, 6) is 0.801. The molecule has 17 heavy (non-hydrogen) atoms. The smallest absolute Gasteiger partial charge is 0.160 e. The minimum Gasteiger partial charge on any atom is -0.396 e. The average Bonchev–Trinajstić information content (AvgIpc) is 2.57. The van der Waals surface area contributed by atoms with E-state index in [4.69, 9.17) is 10.5 Å². The van der Waals surface area contributed by atoms with Crippen LogP contribution in [0.15, 0.2) is 12.4 Å². The Labute approximate surface area is 103 Å². The number of rotatable bonds is 3.